The van der Waals surface area contributed by atoms with Crippen LogP contribution in [-0.2, 0) is 0 Å². The van der Waals surface area contributed by atoms with E-state index in [9.17, 15) is 9.90 Å². The highest BCUT2D eigenvalue weighted by Crippen LogP contribution is 2.23. The molecular formula is C15H18N2O2. The first-order chi connectivity index (χ1) is 9.27. The van der Waals surface area contributed by atoms with Crippen LogP contribution in [-0.4, -0.2) is 41.7 Å². The van der Waals surface area contributed by atoms with Crippen molar-refractivity contribution < 1.29 is 9.90 Å². The second-order valence-electron chi connectivity index (χ2n) is 4.58. The molecule has 1 heterocycles. The van der Waals surface area contributed by atoms with Gasteiger partial charge in [-0.2, -0.15) is 0 Å². The standard InChI is InChI=1S/C15H18N2O2/c1-2-9-16-14-8-4-3-7-13(14)15(19)17-10-5-6-12(17)11-18/h1,3-4,7-8,12,16,18H,5-6,9-11H2/t12-/m0/s1. The molecule has 1 aromatic rings. The average molecular weight is 258 g/mol. The minimum Gasteiger partial charge on any atom is -0.394 e. The summed E-state index contributed by atoms with van der Waals surface area (Å²) < 4.78 is 0. The minimum absolute atomic E-state index is 0.0195. The van der Waals surface area contributed by atoms with E-state index < -0.39 is 0 Å². The van der Waals surface area contributed by atoms with E-state index in [1.54, 1.807) is 11.0 Å². The number of likely N-dealkylation sites (tertiary alicyclic amines) is 1. The Hall–Kier alpha value is -1.99. The maximum Gasteiger partial charge on any atom is 0.256 e. The van der Waals surface area contributed by atoms with Crippen molar-refractivity contribution in [3.8, 4) is 12.3 Å². The van der Waals surface area contributed by atoms with Crippen LogP contribution in [0.3, 0.4) is 0 Å². The molecule has 4 heteroatoms. The maximum atomic E-state index is 12.5. The van der Waals surface area contributed by atoms with Gasteiger partial charge < -0.3 is 15.3 Å². The summed E-state index contributed by atoms with van der Waals surface area (Å²) in [4.78, 5) is 14.3. The Morgan fingerprint density at radius 2 is 2.32 bits per heavy atom. The highest BCUT2D eigenvalue weighted by Gasteiger charge is 2.29. The number of carbonyl (C=O) groups is 1. The summed E-state index contributed by atoms with van der Waals surface area (Å²) >= 11 is 0. The number of benzene rings is 1. The van der Waals surface area contributed by atoms with Gasteiger partial charge in [-0.05, 0) is 25.0 Å². The summed E-state index contributed by atoms with van der Waals surface area (Å²) in [6.07, 6.45) is 7.03. The molecule has 19 heavy (non-hydrogen) atoms. The Morgan fingerprint density at radius 3 is 3.05 bits per heavy atom. The molecule has 0 saturated carbocycles. The molecule has 100 valence electrons. The first kappa shape index (κ1) is 13.4. The molecule has 0 aromatic heterocycles. The van der Waals surface area contributed by atoms with E-state index in [-0.39, 0.29) is 18.6 Å². The van der Waals surface area contributed by atoms with Crippen LogP contribution in [0.25, 0.3) is 0 Å². The number of aliphatic hydroxyl groups excluding tert-OH is 1. The van der Waals surface area contributed by atoms with Crippen LogP contribution in [0.5, 0.6) is 0 Å². The van der Waals surface area contributed by atoms with Crippen LogP contribution in [0.1, 0.15) is 23.2 Å². The van der Waals surface area contributed by atoms with Crippen LogP contribution in [0.4, 0.5) is 5.69 Å². The van der Waals surface area contributed by atoms with E-state index in [2.05, 4.69) is 11.2 Å². The predicted molar refractivity (Wildman–Crippen MR) is 74.9 cm³/mol. The van der Waals surface area contributed by atoms with E-state index in [0.29, 0.717) is 18.7 Å². The van der Waals surface area contributed by atoms with Crippen molar-refractivity contribution in [3.05, 3.63) is 29.8 Å². The zero-order valence-corrected chi connectivity index (χ0v) is 10.8. The molecule has 1 amide bonds. The zero-order chi connectivity index (χ0) is 13.7. The second kappa shape index (κ2) is 6.26. The third-order valence-corrected chi connectivity index (χ3v) is 3.39. The lowest BCUT2D eigenvalue weighted by atomic mass is 10.1. The Balaban J connectivity index is 2.21. The van der Waals surface area contributed by atoms with Gasteiger partial charge in [0.1, 0.15) is 0 Å². The van der Waals surface area contributed by atoms with Crippen LogP contribution in [0, 0.1) is 12.3 Å². The van der Waals surface area contributed by atoms with Crippen molar-refractivity contribution in [2.45, 2.75) is 18.9 Å². The van der Waals surface area contributed by atoms with Gasteiger partial charge in [0.2, 0.25) is 0 Å². The number of rotatable bonds is 4. The number of aliphatic hydroxyl groups is 1. The molecule has 1 atom stereocenters. The first-order valence-electron chi connectivity index (χ1n) is 6.46. The Labute approximate surface area is 113 Å². The molecule has 2 N–H and O–H groups in total. The van der Waals surface area contributed by atoms with Gasteiger partial charge in [-0.3, -0.25) is 4.79 Å². The lowest BCUT2D eigenvalue weighted by Crippen LogP contribution is -2.37. The van der Waals surface area contributed by atoms with Gasteiger partial charge in [0.05, 0.1) is 24.8 Å². The van der Waals surface area contributed by atoms with Crippen LogP contribution in [0.15, 0.2) is 24.3 Å². The molecule has 0 bridgehead atoms. The third kappa shape index (κ3) is 2.88. The predicted octanol–water partition coefficient (Wildman–Crippen LogP) is 1.33. The fraction of sp³-hybridized carbons (Fsp3) is 0.400. The third-order valence-electron chi connectivity index (χ3n) is 3.39. The van der Waals surface area contributed by atoms with E-state index in [4.69, 9.17) is 6.42 Å². The zero-order valence-electron chi connectivity index (χ0n) is 10.8. The summed E-state index contributed by atoms with van der Waals surface area (Å²) in [7, 11) is 0. The lowest BCUT2D eigenvalue weighted by molar-refractivity contribution is 0.0678. The van der Waals surface area contributed by atoms with Crippen molar-refractivity contribution in [2.24, 2.45) is 0 Å². The number of para-hydroxylation sites is 1. The number of amides is 1. The van der Waals surface area contributed by atoms with Crippen molar-refractivity contribution in [1.29, 1.82) is 0 Å². The minimum atomic E-state index is -0.0619. The normalized spacial score (nSPS) is 18.1. The van der Waals surface area contributed by atoms with Gasteiger partial charge >= 0.3 is 0 Å². The number of carbonyl (C=O) groups excluding carboxylic acids is 1. The van der Waals surface area contributed by atoms with Crippen LogP contribution in [0.2, 0.25) is 0 Å². The second-order valence-corrected chi connectivity index (χ2v) is 4.58. The van der Waals surface area contributed by atoms with E-state index in [1.807, 2.05) is 18.2 Å². The number of hydrogen-bond acceptors (Lipinski definition) is 3. The van der Waals surface area contributed by atoms with Gasteiger partial charge in [-0.1, -0.05) is 18.1 Å². The molecule has 0 aliphatic carbocycles. The highest BCUT2D eigenvalue weighted by molar-refractivity contribution is 6.00. The van der Waals surface area contributed by atoms with Crippen molar-refractivity contribution in [3.63, 3.8) is 0 Å². The molecule has 1 aliphatic rings. The summed E-state index contributed by atoms with van der Waals surface area (Å²) in [6, 6.07) is 7.26. The van der Waals surface area contributed by atoms with Gasteiger partial charge in [0.25, 0.3) is 5.91 Å². The van der Waals surface area contributed by atoms with Crippen LogP contribution < -0.4 is 5.32 Å². The summed E-state index contributed by atoms with van der Waals surface area (Å²) in [5.74, 6) is 2.45. The molecule has 1 aromatic carbocycles. The van der Waals surface area contributed by atoms with E-state index >= 15 is 0 Å². The molecule has 1 fully saturated rings. The fourth-order valence-corrected chi connectivity index (χ4v) is 2.42. The Kier molecular flexibility index (Phi) is 4.43. The SMILES string of the molecule is C#CCNc1ccccc1C(=O)N1CCC[C@H]1CO. The summed E-state index contributed by atoms with van der Waals surface area (Å²) in [5, 5.41) is 12.4. The summed E-state index contributed by atoms with van der Waals surface area (Å²) in [5.41, 5.74) is 1.35. The number of terminal acetylenes is 1. The maximum absolute atomic E-state index is 12.5. The molecule has 4 nitrogen and oxygen atoms in total. The van der Waals surface area contributed by atoms with E-state index in [1.165, 1.54) is 0 Å². The number of nitrogens with one attached hydrogen (secondary N) is 1. The van der Waals surface area contributed by atoms with Gasteiger partial charge in [-0.25, -0.2) is 0 Å². The number of hydrogen-bond donors (Lipinski definition) is 2. The highest BCUT2D eigenvalue weighted by atomic mass is 16.3. The molecule has 2 rings (SSSR count). The largest absolute Gasteiger partial charge is 0.394 e. The van der Waals surface area contributed by atoms with Gasteiger partial charge in [0.15, 0.2) is 0 Å². The molecule has 0 spiro atoms. The molecule has 0 unspecified atom stereocenters. The average Bonchev–Trinajstić information content (AvgIpc) is 2.93. The van der Waals surface area contributed by atoms with Gasteiger partial charge in [0, 0.05) is 12.2 Å². The number of anilines is 1. The molecule has 1 aliphatic heterocycles. The Bertz CT molecular complexity index is 493. The molecule has 1 saturated heterocycles. The lowest BCUT2D eigenvalue weighted by Gasteiger charge is -2.24. The monoisotopic (exact) mass is 258 g/mol. The molecular weight excluding hydrogens is 240 g/mol. The molecule has 0 radical (unpaired) electrons. The summed E-state index contributed by atoms with van der Waals surface area (Å²) in [6.45, 7) is 1.10. The van der Waals surface area contributed by atoms with Gasteiger partial charge in [-0.15, -0.1) is 6.42 Å². The van der Waals surface area contributed by atoms with Crippen molar-refractivity contribution in [1.82, 2.24) is 4.90 Å². The topological polar surface area (TPSA) is 52.6 Å². The smallest absolute Gasteiger partial charge is 0.256 e. The van der Waals surface area contributed by atoms with E-state index in [0.717, 1.165) is 18.5 Å². The van der Waals surface area contributed by atoms with Crippen molar-refractivity contribution in [2.75, 3.05) is 25.0 Å². The Morgan fingerprint density at radius 1 is 1.53 bits per heavy atom. The first-order valence-corrected chi connectivity index (χ1v) is 6.46. The van der Waals surface area contributed by atoms with Crippen LogP contribution >= 0.6 is 0 Å². The fourth-order valence-electron chi connectivity index (χ4n) is 2.42. The quantitative estimate of drug-likeness (QED) is 0.801. The number of nitrogens with zero attached hydrogens (tertiary/aromatic N) is 1. The van der Waals surface area contributed by atoms with Crippen molar-refractivity contribution >= 4 is 11.6 Å².